The number of ether oxygens (including phenoxy) is 1. The summed E-state index contributed by atoms with van der Waals surface area (Å²) < 4.78 is 19.4. The summed E-state index contributed by atoms with van der Waals surface area (Å²) in [6.45, 7) is 6.31. The Bertz CT molecular complexity index is 527. The molecule has 1 aliphatic rings. The molecular weight excluding hydrogens is 297 g/mol. The first-order chi connectivity index (χ1) is 11.0. The van der Waals surface area contributed by atoms with Gasteiger partial charge in [-0.1, -0.05) is 13.8 Å². The second-order valence-electron chi connectivity index (χ2n) is 6.73. The van der Waals surface area contributed by atoms with E-state index in [9.17, 15) is 14.3 Å². The molecule has 1 aromatic rings. The van der Waals surface area contributed by atoms with E-state index in [0.717, 1.165) is 19.4 Å². The lowest BCUT2D eigenvalue weighted by molar-refractivity contribution is -0.143. The fraction of sp³-hybridized carbons (Fsp3) is 0.611. The predicted octanol–water partition coefficient (Wildman–Crippen LogP) is 3.10. The highest BCUT2D eigenvalue weighted by molar-refractivity contribution is 5.71. The maximum atomic E-state index is 13.8. The highest BCUT2D eigenvalue weighted by Crippen LogP contribution is 2.26. The van der Waals surface area contributed by atoms with Crippen LogP contribution < -0.4 is 10.1 Å². The second-order valence-corrected chi connectivity index (χ2v) is 6.73. The fourth-order valence-electron chi connectivity index (χ4n) is 2.96. The van der Waals surface area contributed by atoms with Crippen molar-refractivity contribution >= 4 is 5.97 Å². The van der Waals surface area contributed by atoms with Crippen LogP contribution in [0.1, 0.15) is 32.3 Å². The molecule has 0 radical (unpaired) electrons. The van der Waals surface area contributed by atoms with Crippen LogP contribution >= 0.6 is 0 Å². The average molecular weight is 323 g/mol. The van der Waals surface area contributed by atoms with Gasteiger partial charge in [0.25, 0.3) is 0 Å². The van der Waals surface area contributed by atoms with E-state index >= 15 is 0 Å². The summed E-state index contributed by atoms with van der Waals surface area (Å²) >= 11 is 0. The first kappa shape index (κ1) is 17.7. The molecule has 0 amide bonds. The van der Waals surface area contributed by atoms with Crippen molar-refractivity contribution in [3.8, 4) is 5.75 Å². The Balaban J connectivity index is 2.05. The molecule has 1 aromatic carbocycles. The molecule has 5 heteroatoms. The first-order valence-corrected chi connectivity index (χ1v) is 8.31. The molecule has 0 saturated carbocycles. The third-order valence-electron chi connectivity index (χ3n) is 4.34. The van der Waals surface area contributed by atoms with Crippen LogP contribution in [0.2, 0.25) is 0 Å². The van der Waals surface area contributed by atoms with E-state index in [1.54, 1.807) is 6.07 Å². The lowest BCUT2D eigenvalue weighted by atomic mass is 9.86. The Morgan fingerprint density at radius 3 is 2.83 bits per heavy atom. The number of halogens is 1. The molecule has 4 nitrogen and oxygen atoms in total. The number of carboxylic acids is 1. The summed E-state index contributed by atoms with van der Waals surface area (Å²) in [6.07, 6.45) is 2.08. The number of carboxylic acid groups (broad SMARTS) is 1. The summed E-state index contributed by atoms with van der Waals surface area (Å²) in [5, 5.41) is 12.7. The van der Waals surface area contributed by atoms with Crippen molar-refractivity contribution in [3.63, 3.8) is 0 Å². The summed E-state index contributed by atoms with van der Waals surface area (Å²) in [5.74, 6) is -0.582. The first-order valence-electron chi connectivity index (χ1n) is 8.31. The topological polar surface area (TPSA) is 58.6 Å². The van der Waals surface area contributed by atoms with Crippen molar-refractivity contribution < 1.29 is 19.0 Å². The van der Waals surface area contributed by atoms with Crippen molar-refractivity contribution in [2.75, 3.05) is 19.7 Å². The van der Waals surface area contributed by atoms with E-state index in [1.165, 1.54) is 12.1 Å². The molecule has 23 heavy (non-hydrogen) atoms. The van der Waals surface area contributed by atoms with Crippen LogP contribution in [0.4, 0.5) is 4.39 Å². The fourth-order valence-corrected chi connectivity index (χ4v) is 2.96. The highest BCUT2D eigenvalue weighted by atomic mass is 19.1. The molecular formula is C18H26FNO3. The Morgan fingerprint density at radius 1 is 1.43 bits per heavy atom. The Labute approximate surface area is 137 Å². The van der Waals surface area contributed by atoms with Crippen LogP contribution in [-0.2, 0) is 11.2 Å². The molecule has 0 spiro atoms. The SMILES string of the molecule is CC(C)CCOc1cc(F)cc(CC(C(=O)O)C2CCNC2)c1. The summed E-state index contributed by atoms with van der Waals surface area (Å²) in [4.78, 5) is 11.6. The van der Waals surface area contributed by atoms with Gasteiger partial charge in [0.2, 0.25) is 0 Å². The minimum atomic E-state index is -0.815. The van der Waals surface area contributed by atoms with Gasteiger partial charge in [-0.3, -0.25) is 4.79 Å². The van der Waals surface area contributed by atoms with Gasteiger partial charge in [-0.25, -0.2) is 4.39 Å². The van der Waals surface area contributed by atoms with Gasteiger partial charge in [0.15, 0.2) is 0 Å². The van der Waals surface area contributed by atoms with E-state index in [4.69, 9.17) is 4.74 Å². The molecule has 0 aliphatic carbocycles. The van der Waals surface area contributed by atoms with Crippen molar-refractivity contribution in [3.05, 3.63) is 29.6 Å². The van der Waals surface area contributed by atoms with Gasteiger partial charge in [0, 0.05) is 6.07 Å². The molecule has 128 valence electrons. The minimum absolute atomic E-state index is 0.0982. The van der Waals surface area contributed by atoms with Crippen molar-refractivity contribution in [2.45, 2.75) is 33.1 Å². The molecule has 2 atom stereocenters. The summed E-state index contributed by atoms with van der Waals surface area (Å²) in [6, 6.07) is 4.53. The van der Waals surface area contributed by atoms with E-state index in [-0.39, 0.29) is 11.7 Å². The quantitative estimate of drug-likeness (QED) is 0.772. The zero-order chi connectivity index (χ0) is 16.8. The Kier molecular flexibility index (Phi) is 6.39. The lowest BCUT2D eigenvalue weighted by Crippen LogP contribution is -2.27. The van der Waals surface area contributed by atoms with Gasteiger partial charge in [-0.15, -0.1) is 0 Å². The largest absolute Gasteiger partial charge is 0.493 e. The average Bonchev–Trinajstić information content (AvgIpc) is 2.97. The standard InChI is InChI=1S/C18H26FNO3/c1-12(2)4-6-23-16-8-13(7-15(19)10-16)9-17(18(21)22)14-3-5-20-11-14/h7-8,10,12,14,17,20H,3-6,9,11H2,1-2H3,(H,21,22). The number of carbonyl (C=O) groups is 1. The highest BCUT2D eigenvalue weighted by Gasteiger charge is 2.30. The minimum Gasteiger partial charge on any atom is -0.493 e. The maximum absolute atomic E-state index is 13.8. The lowest BCUT2D eigenvalue weighted by Gasteiger charge is -2.19. The Hall–Kier alpha value is -1.62. The maximum Gasteiger partial charge on any atom is 0.307 e. The van der Waals surface area contributed by atoms with Gasteiger partial charge < -0.3 is 15.2 Å². The number of nitrogens with one attached hydrogen (secondary N) is 1. The zero-order valence-electron chi connectivity index (χ0n) is 13.8. The Morgan fingerprint density at radius 2 is 2.22 bits per heavy atom. The molecule has 0 aromatic heterocycles. The van der Waals surface area contributed by atoms with E-state index < -0.39 is 11.9 Å². The van der Waals surface area contributed by atoms with Gasteiger partial charge in [0.1, 0.15) is 11.6 Å². The molecule has 2 rings (SSSR count). The number of aliphatic carboxylic acids is 1. The smallest absolute Gasteiger partial charge is 0.307 e. The van der Waals surface area contributed by atoms with Crippen molar-refractivity contribution in [1.29, 1.82) is 0 Å². The van der Waals surface area contributed by atoms with Crippen LogP contribution in [0.25, 0.3) is 0 Å². The predicted molar refractivity (Wildman–Crippen MR) is 87.2 cm³/mol. The van der Waals surface area contributed by atoms with Crippen LogP contribution in [0, 0.1) is 23.6 Å². The van der Waals surface area contributed by atoms with Crippen LogP contribution in [0.3, 0.4) is 0 Å². The summed E-state index contributed by atoms with van der Waals surface area (Å²) in [7, 11) is 0. The monoisotopic (exact) mass is 323 g/mol. The molecule has 1 aliphatic heterocycles. The van der Waals surface area contributed by atoms with Gasteiger partial charge in [0.05, 0.1) is 12.5 Å². The van der Waals surface area contributed by atoms with Crippen molar-refractivity contribution in [1.82, 2.24) is 5.32 Å². The number of rotatable bonds is 8. The number of hydrogen-bond donors (Lipinski definition) is 2. The molecule has 2 N–H and O–H groups in total. The van der Waals surface area contributed by atoms with E-state index in [2.05, 4.69) is 19.2 Å². The molecule has 1 heterocycles. The number of hydrogen-bond acceptors (Lipinski definition) is 3. The molecule has 2 unspecified atom stereocenters. The second kappa shape index (κ2) is 8.29. The van der Waals surface area contributed by atoms with Gasteiger partial charge in [-0.2, -0.15) is 0 Å². The molecule has 1 fully saturated rings. The van der Waals surface area contributed by atoms with Gasteiger partial charge in [-0.05, 0) is 61.9 Å². The summed E-state index contributed by atoms with van der Waals surface area (Å²) in [5.41, 5.74) is 0.684. The third kappa shape index (κ3) is 5.50. The van der Waals surface area contributed by atoms with E-state index in [0.29, 0.717) is 36.8 Å². The van der Waals surface area contributed by atoms with Crippen LogP contribution in [-0.4, -0.2) is 30.8 Å². The third-order valence-corrected chi connectivity index (χ3v) is 4.34. The number of benzene rings is 1. The molecule has 1 saturated heterocycles. The zero-order valence-corrected chi connectivity index (χ0v) is 13.8. The van der Waals surface area contributed by atoms with Crippen LogP contribution in [0.5, 0.6) is 5.75 Å². The van der Waals surface area contributed by atoms with Crippen LogP contribution in [0.15, 0.2) is 18.2 Å². The normalized spacial score (nSPS) is 19.0. The molecule has 0 bridgehead atoms. The van der Waals surface area contributed by atoms with Gasteiger partial charge >= 0.3 is 5.97 Å². The van der Waals surface area contributed by atoms with E-state index in [1.807, 2.05) is 0 Å². The van der Waals surface area contributed by atoms with Crippen molar-refractivity contribution in [2.24, 2.45) is 17.8 Å².